The number of rotatable bonds is 9. The van der Waals surface area contributed by atoms with Crippen molar-refractivity contribution in [1.82, 2.24) is 4.90 Å². The highest BCUT2D eigenvalue weighted by atomic mass is 16.5. The Morgan fingerprint density at radius 2 is 2.11 bits per heavy atom. The molecule has 0 bridgehead atoms. The van der Waals surface area contributed by atoms with Crippen LogP contribution in [0.1, 0.15) is 33.1 Å². The van der Waals surface area contributed by atoms with Gasteiger partial charge in [0.1, 0.15) is 0 Å². The quantitative estimate of drug-likeness (QED) is 0.634. The third-order valence-electron chi connectivity index (χ3n) is 3.07. The summed E-state index contributed by atoms with van der Waals surface area (Å²) in [6.07, 6.45) is 2.66. The number of carbonyl (C=O) groups excluding carboxylic acids is 1. The fourth-order valence-corrected chi connectivity index (χ4v) is 1.79. The summed E-state index contributed by atoms with van der Waals surface area (Å²) in [4.78, 5) is 24.6. The van der Waals surface area contributed by atoms with Gasteiger partial charge in [0.05, 0.1) is 5.92 Å². The molecule has 1 amide bonds. The van der Waals surface area contributed by atoms with Gasteiger partial charge in [-0.2, -0.15) is 0 Å². The predicted octanol–water partition coefficient (Wildman–Crippen LogP) is 1.37. The Balaban J connectivity index is 2.41. The van der Waals surface area contributed by atoms with E-state index in [2.05, 4.69) is 0 Å². The van der Waals surface area contributed by atoms with E-state index in [1.54, 1.807) is 11.8 Å². The fraction of sp³-hybridized carbons (Fsp3) is 0.846. The summed E-state index contributed by atoms with van der Waals surface area (Å²) in [6, 6.07) is 0. The van der Waals surface area contributed by atoms with Gasteiger partial charge in [0.2, 0.25) is 5.91 Å². The lowest BCUT2D eigenvalue weighted by atomic mass is 10.1. The number of carboxylic acid groups (broad SMARTS) is 1. The van der Waals surface area contributed by atoms with Crippen molar-refractivity contribution in [3.8, 4) is 0 Å². The van der Waals surface area contributed by atoms with Gasteiger partial charge in [-0.3, -0.25) is 9.59 Å². The second-order valence-corrected chi connectivity index (χ2v) is 4.85. The number of aliphatic carboxylic acids is 1. The zero-order valence-corrected chi connectivity index (χ0v) is 11.2. The van der Waals surface area contributed by atoms with E-state index < -0.39 is 11.9 Å². The molecule has 0 radical (unpaired) electrons. The smallest absolute Gasteiger partial charge is 0.308 e. The van der Waals surface area contributed by atoms with Crippen molar-refractivity contribution in [2.24, 2.45) is 11.8 Å². The normalized spacial score (nSPS) is 16.3. The van der Waals surface area contributed by atoms with Crippen molar-refractivity contribution in [1.29, 1.82) is 0 Å². The first-order chi connectivity index (χ1) is 8.56. The van der Waals surface area contributed by atoms with Crippen LogP contribution >= 0.6 is 0 Å². The van der Waals surface area contributed by atoms with Crippen molar-refractivity contribution >= 4 is 11.9 Å². The number of nitrogens with zero attached hydrogens (tertiary/aromatic N) is 1. The number of ether oxygens (including phenoxy) is 1. The Bertz CT molecular complexity index is 289. The van der Waals surface area contributed by atoms with Gasteiger partial charge in [-0.25, -0.2) is 0 Å². The third kappa shape index (κ3) is 5.04. The minimum absolute atomic E-state index is 0.111. The highest BCUT2D eigenvalue weighted by Crippen LogP contribution is 2.31. The Morgan fingerprint density at radius 1 is 1.44 bits per heavy atom. The molecule has 1 aliphatic carbocycles. The molecule has 1 fully saturated rings. The van der Waals surface area contributed by atoms with Gasteiger partial charge in [0.25, 0.3) is 0 Å². The summed E-state index contributed by atoms with van der Waals surface area (Å²) >= 11 is 0. The molecule has 0 saturated heterocycles. The maximum atomic E-state index is 12.0. The zero-order valence-electron chi connectivity index (χ0n) is 11.2. The molecule has 0 spiro atoms. The molecule has 1 N–H and O–H groups in total. The Hall–Kier alpha value is -1.10. The molecule has 0 aromatic carbocycles. The van der Waals surface area contributed by atoms with E-state index in [-0.39, 0.29) is 11.8 Å². The molecule has 1 saturated carbocycles. The molecule has 1 rings (SSSR count). The van der Waals surface area contributed by atoms with Gasteiger partial charge >= 0.3 is 5.97 Å². The van der Waals surface area contributed by atoms with Gasteiger partial charge in [-0.1, -0.05) is 6.92 Å². The lowest BCUT2D eigenvalue weighted by Crippen LogP contribution is -2.38. The topological polar surface area (TPSA) is 66.8 Å². The number of hydrogen-bond donors (Lipinski definition) is 1. The molecule has 1 atom stereocenters. The van der Waals surface area contributed by atoms with E-state index in [0.717, 1.165) is 19.3 Å². The summed E-state index contributed by atoms with van der Waals surface area (Å²) in [5, 5.41) is 8.91. The minimum atomic E-state index is -0.853. The molecular formula is C13H23NO4. The molecule has 0 aromatic rings. The van der Waals surface area contributed by atoms with Crippen molar-refractivity contribution in [2.75, 3.05) is 26.3 Å². The third-order valence-corrected chi connectivity index (χ3v) is 3.07. The summed E-state index contributed by atoms with van der Waals surface area (Å²) in [5.74, 6) is -1.12. The van der Waals surface area contributed by atoms with E-state index in [4.69, 9.17) is 9.84 Å². The second-order valence-electron chi connectivity index (χ2n) is 4.85. The Kier molecular flexibility index (Phi) is 6.12. The molecule has 1 aliphatic rings. The first-order valence-corrected chi connectivity index (χ1v) is 6.65. The lowest BCUT2D eigenvalue weighted by molar-refractivity contribution is -0.143. The fourth-order valence-electron chi connectivity index (χ4n) is 1.79. The monoisotopic (exact) mass is 257 g/mol. The molecule has 0 heterocycles. The van der Waals surface area contributed by atoms with Crippen LogP contribution < -0.4 is 0 Å². The first-order valence-electron chi connectivity index (χ1n) is 6.65. The number of hydrogen-bond acceptors (Lipinski definition) is 3. The number of carboxylic acids is 1. The minimum Gasteiger partial charge on any atom is -0.481 e. The Morgan fingerprint density at radius 3 is 2.61 bits per heavy atom. The standard InChI is InChI=1S/C13H23NO4/c1-3-18-8-4-7-14(9-10(2)13(16)17)12(15)11-5-6-11/h10-11H,3-9H2,1-2H3,(H,16,17). The molecule has 104 valence electrons. The van der Waals surface area contributed by atoms with Gasteiger partial charge in [-0.15, -0.1) is 0 Å². The highest BCUT2D eigenvalue weighted by molar-refractivity contribution is 5.81. The average molecular weight is 257 g/mol. The van der Waals surface area contributed by atoms with Crippen LogP contribution in [-0.2, 0) is 14.3 Å². The van der Waals surface area contributed by atoms with Crippen LogP contribution in [0.25, 0.3) is 0 Å². The van der Waals surface area contributed by atoms with Crippen molar-refractivity contribution in [2.45, 2.75) is 33.1 Å². The van der Waals surface area contributed by atoms with E-state index >= 15 is 0 Å². The van der Waals surface area contributed by atoms with Crippen LogP contribution in [0.15, 0.2) is 0 Å². The molecular weight excluding hydrogens is 234 g/mol. The van der Waals surface area contributed by atoms with Gasteiger partial charge in [0.15, 0.2) is 0 Å². The van der Waals surface area contributed by atoms with Crippen LogP contribution in [0, 0.1) is 11.8 Å². The zero-order chi connectivity index (χ0) is 13.5. The second kappa shape index (κ2) is 7.36. The molecule has 1 unspecified atom stereocenters. The van der Waals surface area contributed by atoms with Crippen molar-refractivity contribution < 1.29 is 19.4 Å². The van der Waals surface area contributed by atoms with Crippen LogP contribution in [0.2, 0.25) is 0 Å². The largest absolute Gasteiger partial charge is 0.481 e. The maximum absolute atomic E-state index is 12.0. The summed E-state index contributed by atoms with van der Waals surface area (Å²) in [7, 11) is 0. The van der Waals surface area contributed by atoms with Gasteiger partial charge < -0.3 is 14.7 Å². The van der Waals surface area contributed by atoms with E-state index in [0.29, 0.717) is 26.3 Å². The van der Waals surface area contributed by atoms with Crippen LogP contribution in [0.3, 0.4) is 0 Å². The predicted molar refractivity (Wildman–Crippen MR) is 67.2 cm³/mol. The van der Waals surface area contributed by atoms with Crippen LogP contribution in [0.4, 0.5) is 0 Å². The number of amides is 1. The van der Waals surface area contributed by atoms with Crippen molar-refractivity contribution in [3.63, 3.8) is 0 Å². The van der Waals surface area contributed by atoms with E-state index in [1.807, 2.05) is 6.92 Å². The van der Waals surface area contributed by atoms with Crippen molar-refractivity contribution in [3.05, 3.63) is 0 Å². The van der Waals surface area contributed by atoms with Crippen LogP contribution in [0.5, 0.6) is 0 Å². The molecule has 0 aliphatic heterocycles. The molecule has 18 heavy (non-hydrogen) atoms. The summed E-state index contributed by atoms with van der Waals surface area (Å²) < 4.78 is 5.24. The highest BCUT2D eigenvalue weighted by Gasteiger charge is 2.34. The lowest BCUT2D eigenvalue weighted by Gasteiger charge is -2.24. The number of carbonyl (C=O) groups is 2. The molecule has 5 heteroatoms. The SMILES string of the molecule is CCOCCCN(CC(C)C(=O)O)C(=O)C1CC1. The summed E-state index contributed by atoms with van der Waals surface area (Å²) in [5.41, 5.74) is 0. The molecule has 5 nitrogen and oxygen atoms in total. The Labute approximate surface area is 108 Å². The first kappa shape index (κ1) is 15.0. The van der Waals surface area contributed by atoms with Gasteiger partial charge in [0, 0.05) is 32.2 Å². The molecule has 0 aromatic heterocycles. The van der Waals surface area contributed by atoms with E-state index in [1.165, 1.54) is 0 Å². The van der Waals surface area contributed by atoms with Gasteiger partial charge in [-0.05, 0) is 26.2 Å². The summed E-state index contributed by atoms with van der Waals surface area (Å²) in [6.45, 7) is 5.75. The van der Waals surface area contributed by atoms with Crippen LogP contribution in [-0.4, -0.2) is 48.2 Å². The maximum Gasteiger partial charge on any atom is 0.308 e. The average Bonchev–Trinajstić information content (AvgIpc) is 3.15. The van der Waals surface area contributed by atoms with E-state index in [9.17, 15) is 9.59 Å².